The van der Waals surface area contributed by atoms with Crippen LogP contribution in [0.4, 0.5) is 0 Å². The van der Waals surface area contributed by atoms with Crippen molar-refractivity contribution < 1.29 is 14.3 Å². The van der Waals surface area contributed by atoms with Crippen LogP contribution in [0.1, 0.15) is 69.8 Å². The number of rotatable bonds is 5. The summed E-state index contributed by atoms with van der Waals surface area (Å²) in [6, 6.07) is 4.40. The molecular weight excluding hydrogens is 476 g/mol. The molecular formula is C24H31BrN2O3S. The molecule has 0 atom stereocenters. The van der Waals surface area contributed by atoms with Crippen molar-refractivity contribution >= 4 is 44.8 Å². The molecule has 31 heavy (non-hydrogen) atoms. The van der Waals surface area contributed by atoms with Gasteiger partial charge in [0.1, 0.15) is 11.5 Å². The molecule has 0 N–H and O–H groups in total. The van der Waals surface area contributed by atoms with Crippen LogP contribution >= 0.6 is 27.7 Å². The van der Waals surface area contributed by atoms with E-state index in [0.717, 1.165) is 45.8 Å². The number of nitrogens with zero attached hydrogens (tertiary/aromatic N) is 2. The molecule has 1 heterocycles. The lowest BCUT2D eigenvalue weighted by molar-refractivity contribution is -0.124. The van der Waals surface area contributed by atoms with Crippen LogP contribution in [0.25, 0.3) is 6.08 Å². The highest BCUT2D eigenvalue weighted by atomic mass is 79.9. The number of benzene rings is 1. The Balaban J connectivity index is 1.68. The first-order valence-electron chi connectivity index (χ1n) is 11.3. The fraction of sp³-hybridized carbons (Fsp3) is 0.583. The zero-order valence-corrected chi connectivity index (χ0v) is 20.8. The Hall–Kier alpha value is -1.47. The van der Waals surface area contributed by atoms with Crippen LogP contribution in [0, 0.1) is 0 Å². The first-order chi connectivity index (χ1) is 15.1. The fourth-order valence-electron chi connectivity index (χ4n) is 4.74. The Bertz CT molecular complexity index is 874. The third kappa shape index (κ3) is 5.14. The van der Waals surface area contributed by atoms with Crippen molar-refractivity contribution in [3.05, 3.63) is 27.1 Å². The van der Waals surface area contributed by atoms with Crippen molar-refractivity contribution in [2.24, 2.45) is 4.99 Å². The van der Waals surface area contributed by atoms with E-state index in [9.17, 15) is 4.79 Å². The molecule has 3 fully saturated rings. The number of carbonyl (C=O) groups excluding carboxylic acids is 1. The summed E-state index contributed by atoms with van der Waals surface area (Å²) < 4.78 is 11.8. The van der Waals surface area contributed by atoms with E-state index in [0.29, 0.717) is 17.5 Å². The van der Waals surface area contributed by atoms with Gasteiger partial charge in [0.15, 0.2) is 5.17 Å². The highest BCUT2D eigenvalue weighted by Crippen LogP contribution is 2.41. The van der Waals surface area contributed by atoms with Crippen LogP contribution in [0.15, 0.2) is 26.5 Å². The molecule has 1 aromatic carbocycles. The van der Waals surface area contributed by atoms with Crippen LogP contribution in [0.2, 0.25) is 0 Å². The van der Waals surface area contributed by atoms with E-state index in [1.165, 1.54) is 50.3 Å². The molecule has 2 saturated carbocycles. The Labute approximate surface area is 197 Å². The largest absolute Gasteiger partial charge is 0.496 e. The van der Waals surface area contributed by atoms with Crippen LogP contribution in [0.3, 0.4) is 0 Å². The molecule has 1 amide bonds. The van der Waals surface area contributed by atoms with Gasteiger partial charge in [0.2, 0.25) is 0 Å². The maximum atomic E-state index is 13.5. The SMILES string of the molecule is COc1cc(OC)c(C=C2SC(=NC3CCCCC3)N(C3CCCCC3)C2=O)cc1Br. The summed E-state index contributed by atoms with van der Waals surface area (Å²) >= 11 is 5.08. The summed E-state index contributed by atoms with van der Waals surface area (Å²) in [6.07, 6.45) is 13.8. The Morgan fingerprint density at radius 3 is 2.29 bits per heavy atom. The summed E-state index contributed by atoms with van der Waals surface area (Å²) in [5.41, 5.74) is 0.855. The minimum absolute atomic E-state index is 0.0838. The lowest BCUT2D eigenvalue weighted by atomic mass is 9.94. The van der Waals surface area contributed by atoms with Crippen molar-refractivity contribution in [2.45, 2.75) is 76.3 Å². The minimum atomic E-state index is 0.0838. The lowest BCUT2D eigenvalue weighted by Crippen LogP contribution is -2.41. The molecule has 2 aliphatic carbocycles. The van der Waals surface area contributed by atoms with Crippen molar-refractivity contribution in [3.63, 3.8) is 0 Å². The van der Waals surface area contributed by atoms with Gasteiger partial charge < -0.3 is 9.47 Å². The number of thioether (sulfide) groups is 1. The molecule has 1 aliphatic heterocycles. The summed E-state index contributed by atoms with van der Waals surface area (Å²) in [5, 5.41) is 0.904. The predicted molar refractivity (Wildman–Crippen MR) is 131 cm³/mol. The molecule has 3 aliphatic rings. The molecule has 0 radical (unpaired) electrons. The highest BCUT2D eigenvalue weighted by molar-refractivity contribution is 9.10. The Kier molecular flexibility index (Phi) is 7.64. The van der Waals surface area contributed by atoms with E-state index in [1.807, 2.05) is 23.1 Å². The maximum Gasteiger partial charge on any atom is 0.267 e. The molecule has 0 bridgehead atoms. The zero-order chi connectivity index (χ0) is 21.8. The summed E-state index contributed by atoms with van der Waals surface area (Å²) in [4.78, 5) is 21.4. The smallest absolute Gasteiger partial charge is 0.267 e. The van der Waals surface area contributed by atoms with E-state index >= 15 is 0 Å². The van der Waals surface area contributed by atoms with Crippen LogP contribution in [-0.2, 0) is 4.79 Å². The molecule has 168 valence electrons. The summed E-state index contributed by atoms with van der Waals surface area (Å²) in [6.45, 7) is 0. The maximum absolute atomic E-state index is 13.5. The summed E-state index contributed by atoms with van der Waals surface area (Å²) in [5.74, 6) is 1.47. The lowest BCUT2D eigenvalue weighted by Gasteiger charge is -2.31. The molecule has 1 aromatic rings. The van der Waals surface area contributed by atoms with E-state index in [2.05, 4.69) is 15.9 Å². The van der Waals surface area contributed by atoms with Gasteiger partial charge in [0, 0.05) is 17.7 Å². The topological polar surface area (TPSA) is 51.1 Å². The second-order valence-electron chi connectivity index (χ2n) is 8.51. The minimum Gasteiger partial charge on any atom is -0.496 e. The van der Waals surface area contributed by atoms with Crippen LogP contribution in [0.5, 0.6) is 11.5 Å². The fourth-order valence-corrected chi connectivity index (χ4v) is 6.36. The van der Waals surface area contributed by atoms with Gasteiger partial charge in [-0.2, -0.15) is 0 Å². The number of hydrogen-bond donors (Lipinski definition) is 0. The van der Waals surface area contributed by atoms with Crippen molar-refractivity contribution in [1.82, 2.24) is 4.90 Å². The molecule has 4 rings (SSSR count). The van der Waals surface area contributed by atoms with Gasteiger partial charge in [-0.1, -0.05) is 38.5 Å². The molecule has 0 spiro atoms. The molecule has 7 heteroatoms. The van der Waals surface area contributed by atoms with Crippen LogP contribution in [-0.4, -0.2) is 42.3 Å². The third-order valence-electron chi connectivity index (χ3n) is 6.44. The van der Waals surface area contributed by atoms with Gasteiger partial charge in [-0.3, -0.25) is 14.7 Å². The monoisotopic (exact) mass is 506 g/mol. The normalized spacial score (nSPS) is 23.7. The third-order valence-corrected chi connectivity index (χ3v) is 8.05. The average molecular weight is 507 g/mol. The zero-order valence-electron chi connectivity index (χ0n) is 18.4. The number of amides is 1. The predicted octanol–water partition coefficient (Wildman–Crippen LogP) is 6.40. The van der Waals surface area contributed by atoms with E-state index < -0.39 is 0 Å². The van der Waals surface area contributed by atoms with E-state index in [1.54, 1.807) is 14.2 Å². The van der Waals surface area contributed by atoms with Gasteiger partial charge in [-0.15, -0.1) is 0 Å². The number of aliphatic imine (C=N–C) groups is 1. The van der Waals surface area contributed by atoms with E-state index in [4.69, 9.17) is 14.5 Å². The molecule has 0 unspecified atom stereocenters. The number of hydrogen-bond acceptors (Lipinski definition) is 5. The Morgan fingerprint density at radius 1 is 1.00 bits per heavy atom. The summed E-state index contributed by atoms with van der Waals surface area (Å²) in [7, 11) is 3.27. The van der Waals surface area contributed by atoms with E-state index in [-0.39, 0.29) is 11.9 Å². The number of carbonyl (C=O) groups is 1. The van der Waals surface area contributed by atoms with Crippen molar-refractivity contribution in [3.8, 4) is 11.5 Å². The van der Waals surface area contributed by atoms with Gasteiger partial charge in [-0.25, -0.2) is 0 Å². The number of methoxy groups -OCH3 is 2. The molecule has 0 aromatic heterocycles. The van der Waals surface area contributed by atoms with Gasteiger partial charge in [0.05, 0.1) is 29.6 Å². The Morgan fingerprint density at radius 2 is 1.65 bits per heavy atom. The average Bonchev–Trinajstić information content (AvgIpc) is 3.09. The molecule has 1 saturated heterocycles. The van der Waals surface area contributed by atoms with Crippen LogP contribution < -0.4 is 9.47 Å². The highest BCUT2D eigenvalue weighted by Gasteiger charge is 2.39. The quantitative estimate of drug-likeness (QED) is 0.433. The van der Waals surface area contributed by atoms with Crippen molar-refractivity contribution in [1.29, 1.82) is 0 Å². The second kappa shape index (κ2) is 10.4. The van der Waals surface area contributed by atoms with Gasteiger partial charge in [-0.05, 0) is 65.5 Å². The van der Waals surface area contributed by atoms with Crippen molar-refractivity contribution in [2.75, 3.05) is 14.2 Å². The number of ether oxygens (including phenoxy) is 2. The second-order valence-corrected chi connectivity index (χ2v) is 10.4. The first-order valence-corrected chi connectivity index (χ1v) is 12.9. The van der Waals surface area contributed by atoms with Gasteiger partial charge in [0.25, 0.3) is 5.91 Å². The number of amidine groups is 1. The number of halogens is 1. The first kappa shape index (κ1) is 22.7. The van der Waals surface area contributed by atoms with Gasteiger partial charge >= 0.3 is 0 Å². The standard InChI is InChI=1S/C24H31BrN2O3S/c1-29-20-15-21(30-2)19(25)13-16(20)14-22-23(28)27(18-11-7-4-8-12-18)24(31-22)26-17-9-5-3-6-10-17/h13-15,17-18H,3-12H2,1-2H3. The molecule has 5 nitrogen and oxygen atoms in total.